The lowest BCUT2D eigenvalue weighted by Gasteiger charge is -2.39. The van der Waals surface area contributed by atoms with E-state index in [-0.39, 0.29) is 5.82 Å². The Hall–Kier alpha value is -1.76. The monoisotopic (exact) mass is 306 g/mol. The summed E-state index contributed by atoms with van der Waals surface area (Å²) in [4.78, 5) is 2.14. The molecule has 0 spiro atoms. The van der Waals surface area contributed by atoms with E-state index >= 15 is 0 Å². The van der Waals surface area contributed by atoms with Crippen molar-refractivity contribution < 1.29 is 18.8 Å². The summed E-state index contributed by atoms with van der Waals surface area (Å²) in [5.41, 5.74) is 1.66. The van der Waals surface area contributed by atoms with Crippen LogP contribution in [0.4, 0.5) is 4.39 Å². The van der Waals surface area contributed by atoms with Crippen LogP contribution in [0.2, 0.25) is 0 Å². The topological polar surface area (TPSA) is 58.7 Å². The largest absolute Gasteiger partial charge is 0.387 e. The quantitative estimate of drug-likeness (QED) is 0.885. The molecule has 6 heteroatoms. The van der Waals surface area contributed by atoms with Gasteiger partial charge >= 0.3 is 0 Å². The number of halogens is 1. The number of aliphatic hydroxyl groups excluding tert-OH is 1. The molecule has 3 rings (SSSR count). The molecule has 22 heavy (non-hydrogen) atoms. The Labute approximate surface area is 128 Å². The molecule has 2 aromatic rings. The second-order valence-electron chi connectivity index (χ2n) is 5.63. The summed E-state index contributed by atoms with van der Waals surface area (Å²) in [6, 6.07) is 7.88. The third kappa shape index (κ3) is 3.35. The van der Waals surface area contributed by atoms with Gasteiger partial charge in [-0.15, -0.1) is 0 Å². The zero-order valence-electron chi connectivity index (χ0n) is 12.4. The molecule has 0 bridgehead atoms. The van der Waals surface area contributed by atoms with E-state index in [1.165, 1.54) is 12.1 Å². The SMILES string of the molecule is COCc1cc(C2CN(CC(O)c3ccc(F)cc3)C2)no1. The molecule has 1 fully saturated rings. The number of methoxy groups -OCH3 is 1. The molecule has 0 aliphatic carbocycles. The average Bonchev–Trinajstić information content (AvgIpc) is 2.91. The summed E-state index contributed by atoms with van der Waals surface area (Å²) >= 11 is 0. The Morgan fingerprint density at radius 3 is 2.82 bits per heavy atom. The Bertz CT molecular complexity index is 608. The van der Waals surface area contributed by atoms with Crippen molar-refractivity contribution in [2.75, 3.05) is 26.7 Å². The molecule has 1 aromatic carbocycles. The summed E-state index contributed by atoms with van der Waals surface area (Å²) in [6.45, 7) is 2.62. The summed E-state index contributed by atoms with van der Waals surface area (Å²) in [6.07, 6.45) is -0.608. The first-order chi connectivity index (χ1) is 10.7. The van der Waals surface area contributed by atoms with Gasteiger partial charge in [0.05, 0.1) is 11.8 Å². The van der Waals surface area contributed by atoms with Crippen LogP contribution in [0.25, 0.3) is 0 Å². The van der Waals surface area contributed by atoms with Crippen molar-refractivity contribution in [3.8, 4) is 0 Å². The molecule has 1 aliphatic rings. The highest BCUT2D eigenvalue weighted by Gasteiger charge is 2.31. The molecule has 1 saturated heterocycles. The third-order valence-electron chi connectivity index (χ3n) is 3.93. The molecule has 5 nitrogen and oxygen atoms in total. The van der Waals surface area contributed by atoms with Crippen molar-refractivity contribution in [3.05, 3.63) is 53.2 Å². The first kappa shape index (κ1) is 15.1. The number of likely N-dealkylation sites (tertiary alicyclic amines) is 1. The Morgan fingerprint density at radius 1 is 1.41 bits per heavy atom. The van der Waals surface area contributed by atoms with E-state index in [0.29, 0.717) is 19.1 Å². The van der Waals surface area contributed by atoms with Crippen molar-refractivity contribution in [3.63, 3.8) is 0 Å². The Morgan fingerprint density at radius 2 is 2.14 bits per heavy atom. The van der Waals surface area contributed by atoms with E-state index in [0.717, 1.165) is 30.1 Å². The van der Waals surface area contributed by atoms with Crippen LogP contribution in [-0.4, -0.2) is 41.9 Å². The average molecular weight is 306 g/mol. The maximum absolute atomic E-state index is 12.9. The maximum atomic E-state index is 12.9. The lowest BCUT2D eigenvalue weighted by atomic mass is 9.95. The number of aromatic nitrogens is 1. The summed E-state index contributed by atoms with van der Waals surface area (Å²) < 4.78 is 23.0. The van der Waals surface area contributed by atoms with Gasteiger partial charge < -0.3 is 14.4 Å². The minimum absolute atomic E-state index is 0.294. The number of hydrogen-bond acceptors (Lipinski definition) is 5. The predicted molar refractivity (Wildman–Crippen MR) is 77.8 cm³/mol. The minimum Gasteiger partial charge on any atom is -0.387 e. The van der Waals surface area contributed by atoms with Crippen molar-refractivity contribution in [1.29, 1.82) is 0 Å². The van der Waals surface area contributed by atoms with Crippen LogP contribution in [0.1, 0.15) is 29.0 Å². The van der Waals surface area contributed by atoms with Crippen molar-refractivity contribution >= 4 is 0 Å². The molecule has 0 amide bonds. The van der Waals surface area contributed by atoms with Gasteiger partial charge in [0.15, 0.2) is 5.76 Å². The number of ether oxygens (including phenoxy) is 1. The fraction of sp³-hybridized carbons (Fsp3) is 0.438. The number of aliphatic hydroxyl groups is 1. The van der Waals surface area contributed by atoms with E-state index < -0.39 is 6.10 Å². The van der Waals surface area contributed by atoms with Gasteiger partial charge in [-0.2, -0.15) is 0 Å². The Kier molecular flexibility index (Phi) is 4.52. The van der Waals surface area contributed by atoms with Gasteiger partial charge in [0.25, 0.3) is 0 Å². The van der Waals surface area contributed by atoms with E-state index in [2.05, 4.69) is 10.1 Å². The number of benzene rings is 1. The van der Waals surface area contributed by atoms with Gasteiger partial charge in [0.2, 0.25) is 0 Å². The van der Waals surface area contributed by atoms with Gasteiger partial charge in [-0.1, -0.05) is 17.3 Å². The third-order valence-corrected chi connectivity index (χ3v) is 3.93. The Balaban J connectivity index is 1.49. The maximum Gasteiger partial charge on any atom is 0.162 e. The summed E-state index contributed by atoms with van der Waals surface area (Å²) in [5.74, 6) is 0.759. The lowest BCUT2D eigenvalue weighted by Crippen LogP contribution is -2.46. The lowest BCUT2D eigenvalue weighted by molar-refractivity contribution is 0.0626. The normalized spacial score (nSPS) is 17.4. The molecule has 2 heterocycles. The highest BCUT2D eigenvalue weighted by Crippen LogP contribution is 2.28. The fourth-order valence-corrected chi connectivity index (χ4v) is 2.67. The zero-order chi connectivity index (χ0) is 15.5. The van der Waals surface area contributed by atoms with Crippen LogP contribution in [0.5, 0.6) is 0 Å². The number of hydrogen-bond donors (Lipinski definition) is 1. The summed E-state index contributed by atoms with van der Waals surface area (Å²) in [7, 11) is 1.62. The minimum atomic E-state index is -0.608. The molecule has 1 atom stereocenters. The van der Waals surface area contributed by atoms with Crippen LogP contribution < -0.4 is 0 Å². The van der Waals surface area contributed by atoms with Crippen LogP contribution in [0.3, 0.4) is 0 Å². The van der Waals surface area contributed by atoms with Crippen LogP contribution in [0, 0.1) is 5.82 Å². The van der Waals surface area contributed by atoms with Crippen molar-refractivity contribution in [2.24, 2.45) is 0 Å². The standard InChI is InChI=1S/C16H19FN2O3/c1-21-10-14-6-15(18-22-14)12-7-19(8-12)9-16(20)11-2-4-13(17)5-3-11/h2-6,12,16,20H,7-10H2,1H3. The molecule has 1 N–H and O–H groups in total. The van der Waals surface area contributed by atoms with Crippen LogP contribution in [0.15, 0.2) is 34.9 Å². The molecular weight excluding hydrogens is 287 g/mol. The van der Waals surface area contributed by atoms with Crippen molar-refractivity contribution in [2.45, 2.75) is 18.6 Å². The zero-order valence-corrected chi connectivity index (χ0v) is 12.4. The molecule has 1 aliphatic heterocycles. The second kappa shape index (κ2) is 6.56. The highest BCUT2D eigenvalue weighted by atomic mass is 19.1. The molecule has 0 saturated carbocycles. The molecular formula is C16H19FN2O3. The van der Waals surface area contributed by atoms with Gasteiger partial charge in [-0.3, -0.25) is 4.90 Å². The smallest absolute Gasteiger partial charge is 0.162 e. The number of β-amino-alcohol motifs (C(OH)–C–C–N with tert-alkyl or cyclic N) is 1. The first-order valence-corrected chi connectivity index (χ1v) is 7.26. The van der Waals surface area contributed by atoms with Gasteiger partial charge in [0, 0.05) is 38.7 Å². The van der Waals surface area contributed by atoms with E-state index in [1.807, 2.05) is 6.07 Å². The van der Waals surface area contributed by atoms with E-state index in [4.69, 9.17) is 9.26 Å². The van der Waals surface area contributed by atoms with E-state index in [1.54, 1.807) is 19.2 Å². The van der Waals surface area contributed by atoms with Gasteiger partial charge in [-0.25, -0.2) is 4.39 Å². The molecule has 1 aromatic heterocycles. The number of nitrogens with zero attached hydrogens (tertiary/aromatic N) is 2. The molecule has 0 radical (unpaired) electrons. The molecule has 1 unspecified atom stereocenters. The second-order valence-corrected chi connectivity index (χ2v) is 5.63. The van der Waals surface area contributed by atoms with Crippen LogP contribution in [-0.2, 0) is 11.3 Å². The number of rotatable bonds is 6. The first-order valence-electron chi connectivity index (χ1n) is 7.26. The fourth-order valence-electron chi connectivity index (χ4n) is 2.67. The molecule has 118 valence electrons. The van der Waals surface area contributed by atoms with Crippen LogP contribution >= 0.6 is 0 Å². The van der Waals surface area contributed by atoms with E-state index in [9.17, 15) is 9.50 Å². The van der Waals surface area contributed by atoms with Crippen molar-refractivity contribution in [1.82, 2.24) is 10.1 Å². The van der Waals surface area contributed by atoms with Gasteiger partial charge in [-0.05, 0) is 17.7 Å². The van der Waals surface area contributed by atoms with Gasteiger partial charge in [0.1, 0.15) is 12.4 Å². The highest BCUT2D eigenvalue weighted by molar-refractivity contribution is 5.20. The predicted octanol–water partition coefficient (Wildman–Crippen LogP) is 2.09. The summed E-state index contributed by atoms with van der Waals surface area (Å²) in [5, 5.41) is 14.2.